The Morgan fingerprint density at radius 3 is 2.49 bits per heavy atom. The molecule has 3 heterocycles. The Morgan fingerprint density at radius 1 is 1.03 bits per heavy atom. The van der Waals surface area contributed by atoms with E-state index in [-0.39, 0.29) is 17.1 Å². The first kappa shape index (κ1) is 23.7. The van der Waals surface area contributed by atoms with Gasteiger partial charge in [-0.25, -0.2) is 4.98 Å². The van der Waals surface area contributed by atoms with E-state index in [0.717, 1.165) is 22.5 Å². The van der Waals surface area contributed by atoms with E-state index < -0.39 is 0 Å². The average Bonchev–Trinajstić information content (AvgIpc) is 3.57. The van der Waals surface area contributed by atoms with Gasteiger partial charge in [-0.1, -0.05) is 74.1 Å². The molecule has 2 aromatic carbocycles. The van der Waals surface area contributed by atoms with Crippen molar-refractivity contribution in [3.8, 4) is 16.1 Å². The molecular formula is C28H24N2O2S3. The van der Waals surface area contributed by atoms with Crippen LogP contribution in [-0.2, 0) is 0 Å². The van der Waals surface area contributed by atoms with Crippen LogP contribution in [0.2, 0.25) is 0 Å². The molecule has 0 saturated carbocycles. The van der Waals surface area contributed by atoms with Crippen molar-refractivity contribution in [3.05, 3.63) is 99.0 Å². The topological polar surface area (TPSA) is 52.0 Å². The summed E-state index contributed by atoms with van der Waals surface area (Å²) in [7, 11) is 0. The molecule has 0 aliphatic rings. The van der Waals surface area contributed by atoms with Crippen LogP contribution in [0.4, 0.5) is 0 Å². The number of carbonyl (C=O) groups is 1. The first-order valence-corrected chi connectivity index (χ1v) is 14.2. The Labute approximate surface area is 216 Å². The lowest BCUT2D eigenvalue weighted by Gasteiger charge is -2.12. The van der Waals surface area contributed by atoms with Crippen LogP contribution < -0.4 is 5.56 Å². The van der Waals surface area contributed by atoms with Gasteiger partial charge in [-0.05, 0) is 41.5 Å². The number of aromatic nitrogens is 2. The largest absolute Gasteiger partial charge is 0.293 e. The number of fused-ring (bicyclic) bond motifs is 1. The maximum Gasteiger partial charge on any atom is 0.268 e. The molecule has 4 nitrogen and oxygen atoms in total. The van der Waals surface area contributed by atoms with Crippen molar-refractivity contribution >= 4 is 50.4 Å². The minimum absolute atomic E-state index is 0.0186. The molecule has 0 spiro atoms. The SMILES string of the molecule is CCC(C)c1ccc(C(=O)CSc2nc3scc(-c4cccs4)c3c(=O)n2-c2ccccc2)cc1. The molecule has 1 unspecified atom stereocenters. The fourth-order valence-electron chi connectivity index (χ4n) is 3.93. The highest BCUT2D eigenvalue weighted by molar-refractivity contribution is 7.99. The molecular weight excluding hydrogens is 493 g/mol. The first-order chi connectivity index (χ1) is 17.1. The maximum atomic E-state index is 13.8. The monoisotopic (exact) mass is 516 g/mol. The van der Waals surface area contributed by atoms with Gasteiger partial charge in [0.1, 0.15) is 4.83 Å². The summed E-state index contributed by atoms with van der Waals surface area (Å²) in [4.78, 5) is 33.4. The molecule has 7 heteroatoms. The van der Waals surface area contributed by atoms with E-state index in [0.29, 0.717) is 26.9 Å². The average molecular weight is 517 g/mol. The number of Topliss-reactive ketones (excluding diaryl/α,β-unsaturated/α-hetero) is 1. The Hall–Kier alpha value is -3.00. The molecule has 35 heavy (non-hydrogen) atoms. The number of hydrogen-bond acceptors (Lipinski definition) is 6. The molecule has 1 atom stereocenters. The second-order valence-electron chi connectivity index (χ2n) is 8.32. The lowest BCUT2D eigenvalue weighted by Crippen LogP contribution is -2.22. The van der Waals surface area contributed by atoms with E-state index in [1.54, 1.807) is 15.9 Å². The second kappa shape index (κ2) is 10.3. The van der Waals surface area contributed by atoms with Gasteiger partial charge in [0.05, 0.1) is 16.8 Å². The van der Waals surface area contributed by atoms with E-state index in [1.165, 1.54) is 28.7 Å². The van der Waals surface area contributed by atoms with Gasteiger partial charge >= 0.3 is 0 Å². The molecule has 0 bridgehead atoms. The third-order valence-electron chi connectivity index (χ3n) is 6.12. The molecule has 5 rings (SSSR count). The maximum absolute atomic E-state index is 13.8. The van der Waals surface area contributed by atoms with Gasteiger partial charge in [-0.2, -0.15) is 0 Å². The number of hydrogen-bond donors (Lipinski definition) is 0. The number of nitrogens with zero attached hydrogens (tertiary/aromatic N) is 2. The van der Waals surface area contributed by atoms with Gasteiger partial charge in [-0.15, -0.1) is 22.7 Å². The molecule has 0 fully saturated rings. The molecule has 0 aliphatic carbocycles. The van der Waals surface area contributed by atoms with Crippen molar-refractivity contribution in [2.24, 2.45) is 0 Å². The predicted octanol–water partition coefficient (Wildman–Crippen LogP) is 7.66. The summed E-state index contributed by atoms with van der Waals surface area (Å²) in [5, 5.41) is 5.15. The van der Waals surface area contributed by atoms with Crippen molar-refractivity contribution in [2.45, 2.75) is 31.3 Å². The van der Waals surface area contributed by atoms with Crippen LogP contribution in [0.1, 0.15) is 42.1 Å². The number of thioether (sulfide) groups is 1. The van der Waals surface area contributed by atoms with E-state index in [2.05, 4.69) is 13.8 Å². The van der Waals surface area contributed by atoms with Gasteiger partial charge in [0, 0.05) is 21.4 Å². The molecule has 176 valence electrons. The fraction of sp³-hybridized carbons (Fsp3) is 0.179. The van der Waals surface area contributed by atoms with Crippen molar-refractivity contribution in [2.75, 3.05) is 5.75 Å². The lowest BCUT2D eigenvalue weighted by molar-refractivity contribution is 0.102. The highest BCUT2D eigenvalue weighted by Gasteiger charge is 2.20. The molecule has 0 aliphatic heterocycles. The van der Waals surface area contributed by atoms with Crippen molar-refractivity contribution in [3.63, 3.8) is 0 Å². The van der Waals surface area contributed by atoms with Gasteiger partial charge < -0.3 is 0 Å². The molecule has 3 aromatic heterocycles. The zero-order chi connectivity index (χ0) is 24.4. The zero-order valence-corrected chi connectivity index (χ0v) is 21.9. The predicted molar refractivity (Wildman–Crippen MR) is 149 cm³/mol. The summed E-state index contributed by atoms with van der Waals surface area (Å²) in [5.41, 5.74) is 3.45. The van der Waals surface area contributed by atoms with Gasteiger partial charge in [0.25, 0.3) is 5.56 Å². The van der Waals surface area contributed by atoms with Crippen molar-refractivity contribution in [1.82, 2.24) is 9.55 Å². The molecule has 0 saturated heterocycles. The van der Waals surface area contributed by atoms with E-state index >= 15 is 0 Å². The Balaban J connectivity index is 1.51. The summed E-state index contributed by atoms with van der Waals surface area (Å²) < 4.78 is 1.64. The van der Waals surface area contributed by atoms with Crippen molar-refractivity contribution in [1.29, 1.82) is 0 Å². The fourth-order valence-corrected chi connectivity index (χ4v) is 6.64. The number of ketones is 1. The third kappa shape index (κ3) is 4.76. The highest BCUT2D eigenvalue weighted by Crippen LogP contribution is 2.35. The second-order valence-corrected chi connectivity index (χ2v) is 11.1. The number of thiophene rings is 2. The van der Waals surface area contributed by atoms with Crippen LogP contribution in [0.5, 0.6) is 0 Å². The quantitative estimate of drug-likeness (QED) is 0.121. The smallest absolute Gasteiger partial charge is 0.268 e. The number of carbonyl (C=O) groups excluding carboxylic acids is 1. The molecule has 5 aromatic rings. The molecule has 0 amide bonds. The summed E-state index contributed by atoms with van der Waals surface area (Å²) in [6.07, 6.45) is 1.06. The van der Waals surface area contributed by atoms with Crippen molar-refractivity contribution < 1.29 is 4.79 Å². The Morgan fingerprint density at radius 2 is 1.80 bits per heavy atom. The highest BCUT2D eigenvalue weighted by atomic mass is 32.2. The van der Waals surface area contributed by atoms with E-state index in [1.807, 2.05) is 77.5 Å². The normalized spacial score (nSPS) is 12.2. The molecule has 0 N–H and O–H groups in total. The van der Waals surface area contributed by atoms with Gasteiger partial charge in [-0.3, -0.25) is 14.2 Å². The Kier molecular flexibility index (Phi) is 7.00. The van der Waals surface area contributed by atoms with Crippen LogP contribution in [0, 0.1) is 0 Å². The van der Waals surface area contributed by atoms with Crippen LogP contribution in [-0.4, -0.2) is 21.1 Å². The summed E-state index contributed by atoms with van der Waals surface area (Å²) in [5.74, 6) is 0.691. The van der Waals surface area contributed by atoms with Crippen LogP contribution >= 0.6 is 34.4 Å². The first-order valence-electron chi connectivity index (χ1n) is 11.5. The number of benzene rings is 2. The number of rotatable bonds is 8. The lowest BCUT2D eigenvalue weighted by atomic mass is 9.97. The van der Waals surface area contributed by atoms with E-state index in [4.69, 9.17) is 4.98 Å². The van der Waals surface area contributed by atoms with Crippen LogP contribution in [0.3, 0.4) is 0 Å². The van der Waals surface area contributed by atoms with Crippen LogP contribution in [0.25, 0.3) is 26.3 Å². The van der Waals surface area contributed by atoms with Gasteiger partial charge in [0.2, 0.25) is 0 Å². The van der Waals surface area contributed by atoms with Crippen LogP contribution in [0.15, 0.2) is 87.4 Å². The standard InChI is InChI=1S/C28H24N2O2S3/c1-3-18(2)19-11-13-20(14-12-19)23(31)17-35-28-29-26-25(22(16-34-26)24-10-7-15-33-24)27(32)30(28)21-8-5-4-6-9-21/h4-16,18H,3,17H2,1-2H3. The Bertz CT molecular complexity index is 1520. The minimum atomic E-state index is -0.112. The minimum Gasteiger partial charge on any atom is -0.293 e. The summed E-state index contributed by atoms with van der Waals surface area (Å²) >= 11 is 4.38. The summed E-state index contributed by atoms with van der Waals surface area (Å²) in [6.45, 7) is 4.35. The number of para-hydroxylation sites is 1. The zero-order valence-electron chi connectivity index (χ0n) is 19.4. The molecule has 0 radical (unpaired) electrons. The van der Waals surface area contributed by atoms with E-state index in [9.17, 15) is 9.59 Å². The van der Waals surface area contributed by atoms with Gasteiger partial charge in [0.15, 0.2) is 10.9 Å². The summed E-state index contributed by atoms with van der Waals surface area (Å²) in [6, 6.07) is 21.4. The third-order valence-corrected chi connectivity index (χ3v) is 8.84.